The summed E-state index contributed by atoms with van der Waals surface area (Å²) in [6.07, 6.45) is 49.9. The second-order valence-electron chi connectivity index (χ2n) is 29.1. The van der Waals surface area contributed by atoms with Crippen molar-refractivity contribution in [1.29, 1.82) is 0 Å². The van der Waals surface area contributed by atoms with Crippen LogP contribution in [-0.2, 0) is 65.4 Å². The number of phosphoric acid groups is 2. The van der Waals surface area contributed by atoms with Crippen LogP contribution in [-0.4, -0.2) is 96.7 Å². The molecule has 0 aromatic rings. The first-order chi connectivity index (χ1) is 45.6. The van der Waals surface area contributed by atoms with Crippen molar-refractivity contribution in [3.63, 3.8) is 0 Å². The van der Waals surface area contributed by atoms with Crippen molar-refractivity contribution in [3.8, 4) is 0 Å². The molecule has 19 heteroatoms. The fraction of sp³-hybridized carbons (Fsp3) is 0.947. The Kier molecular flexibility index (Phi) is 64.0. The minimum Gasteiger partial charge on any atom is -0.462 e. The van der Waals surface area contributed by atoms with Gasteiger partial charge in [0.25, 0.3) is 0 Å². The smallest absolute Gasteiger partial charge is 0.462 e. The third-order valence-electron chi connectivity index (χ3n) is 17.9. The van der Waals surface area contributed by atoms with E-state index in [1.165, 1.54) is 186 Å². The Bertz CT molecular complexity index is 1870. The molecule has 3 unspecified atom stereocenters. The minimum atomic E-state index is -4.96. The lowest BCUT2D eigenvalue weighted by molar-refractivity contribution is -0.161. The van der Waals surface area contributed by atoms with Crippen LogP contribution in [0.4, 0.5) is 0 Å². The predicted octanol–water partition coefficient (Wildman–Crippen LogP) is 22.0. The van der Waals surface area contributed by atoms with E-state index in [0.717, 1.165) is 114 Å². The molecule has 17 nitrogen and oxygen atoms in total. The van der Waals surface area contributed by atoms with Crippen LogP contribution in [0.25, 0.3) is 0 Å². The largest absolute Gasteiger partial charge is 0.472 e. The van der Waals surface area contributed by atoms with Gasteiger partial charge in [-0.05, 0) is 49.4 Å². The van der Waals surface area contributed by atoms with E-state index in [9.17, 15) is 43.2 Å². The van der Waals surface area contributed by atoms with E-state index in [1.54, 1.807) is 0 Å². The van der Waals surface area contributed by atoms with Crippen LogP contribution in [0.15, 0.2) is 0 Å². The predicted molar refractivity (Wildman–Crippen MR) is 386 cm³/mol. The van der Waals surface area contributed by atoms with E-state index in [-0.39, 0.29) is 25.7 Å². The van der Waals surface area contributed by atoms with Gasteiger partial charge in [-0.2, -0.15) is 0 Å². The van der Waals surface area contributed by atoms with E-state index in [2.05, 4.69) is 55.4 Å². The Hall–Kier alpha value is -1.94. The van der Waals surface area contributed by atoms with E-state index in [4.69, 9.17) is 37.0 Å². The highest BCUT2D eigenvalue weighted by Crippen LogP contribution is 2.45. The standard InChI is InChI=1S/C76H148O17P2/c1-9-69(8)55-47-39-31-26-27-33-41-49-57-74(79)87-63-72(93-76(81)59-51-43-35-25-19-22-30-38-46-54-68(6)7)65-91-95(84,85)89-61-70(77)60-88-94(82,83)90-64-71(62-86-73(78)56-48-40-32-23-18-17-21-29-37-45-53-67(4)5)92-75(80)58-50-42-34-24-16-14-12-10-11-13-15-20-28-36-44-52-66(2)3/h66-72,77H,9-65H2,1-8H3,(H,82,83)(H,84,85)/t69?,70-,71-,72-/m1/s1. The maximum absolute atomic E-state index is 13.1. The molecule has 6 atom stereocenters. The van der Waals surface area contributed by atoms with Gasteiger partial charge in [-0.15, -0.1) is 0 Å². The summed E-state index contributed by atoms with van der Waals surface area (Å²) >= 11 is 0. The van der Waals surface area contributed by atoms with Gasteiger partial charge in [-0.25, -0.2) is 9.13 Å². The number of hydrogen-bond donors (Lipinski definition) is 3. The van der Waals surface area contributed by atoms with Crippen molar-refractivity contribution >= 4 is 39.5 Å². The Balaban J connectivity index is 5.26. The van der Waals surface area contributed by atoms with Gasteiger partial charge in [-0.3, -0.25) is 37.3 Å². The van der Waals surface area contributed by atoms with Gasteiger partial charge in [0.2, 0.25) is 0 Å². The molecule has 3 N–H and O–H groups in total. The minimum absolute atomic E-state index is 0.104. The highest BCUT2D eigenvalue weighted by atomic mass is 31.2. The molecule has 0 rings (SSSR count). The number of esters is 4. The normalized spacial score (nSPS) is 14.4. The molecule has 0 saturated heterocycles. The van der Waals surface area contributed by atoms with E-state index >= 15 is 0 Å². The number of carbonyl (C=O) groups excluding carboxylic acids is 4. The lowest BCUT2D eigenvalue weighted by atomic mass is 9.99. The highest BCUT2D eigenvalue weighted by molar-refractivity contribution is 7.47. The Morgan fingerprint density at radius 3 is 0.747 bits per heavy atom. The Morgan fingerprint density at radius 2 is 0.505 bits per heavy atom. The van der Waals surface area contributed by atoms with E-state index in [1.807, 2.05) is 0 Å². The summed E-state index contributed by atoms with van der Waals surface area (Å²) in [6.45, 7) is 14.2. The van der Waals surface area contributed by atoms with Gasteiger partial charge in [0.05, 0.1) is 26.4 Å². The Morgan fingerprint density at radius 1 is 0.295 bits per heavy atom. The topological polar surface area (TPSA) is 237 Å². The first-order valence-corrected chi connectivity index (χ1v) is 42.2. The maximum Gasteiger partial charge on any atom is 0.472 e. The molecule has 0 aliphatic rings. The van der Waals surface area contributed by atoms with Crippen molar-refractivity contribution in [3.05, 3.63) is 0 Å². The summed E-state index contributed by atoms with van der Waals surface area (Å²) in [5.74, 6) is 0.954. The van der Waals surface area contributed by atoms with Crippen LogP contribution in [0.1, 0.15) is 383 Å². The van der Waals surface area contributed by atoms with Gasteiger partial charge in [0.15, 0.2) is 12.2 Å². The summed E-state index contributed by atoms with van der Waals surface area (Å²) in [5, 5.41) is 10.6. The molecular formula is C76H148O17P2. The fourth-order valence-corrected chi connectivity index (χ4v) is 13.1. The van der Waals surface area contributed by atoms with Crippen molar-refractivity contribution in [2.24, 2.45) is 23.7 Å². The number of aliphatic hydroxyl groups is 1. The van der Waals surface area contributed by atoms with Gasteiger partial charge in [0, 0.05) is 25.7 Å². The van der Waals surface area contributed by atoms with Crippen molar-refractivity contribution < 1.29 is 80.2 Å². The van der Waals surface area contributed by atoms with Gasteiger partial charge in [0.1, 0.15) is 19.3 Å². The molecule has 0 spiro atoms. The number of rotatable bonds is 73. The number of ether oxygens (including phenoxy) is 4. The summed E-state index contributed by atoms with van der Waals surface area (Å²) in [7, 11) is -9.91. The molecule has 0 radical (unpaired) electrons. The molecule has 0 aliphatic carbocycles. The monoisotopic (exact) mass is 1400 g/mol. The molecule has 0 bridgehead atoms. The quantitative estimate of drug-likeness (QED) is 0.0222. The van der Waals surface area contributed by atoms with Gasteiger partial charge < -0.3 is 33.8 Å². The first-order valence-electron chi connectivity index (χ1n) is 39.2. The molecular weight excluding hydrogens is 1250 g/mol. The molecule has 564 valence electrons. The van der Waals surface area contributed by atoms with Gasteiger partial charge in [-0.1, -0.05) is 331 Å². The highest BCUT2D eigenvalue weighted by Gasteiger charge is 2.30. The third-order valence-corrected chi connectivity index (χ3v) is 19.8. The second kappa shape index (κ2) is 65.4. The summed E-state index contributed by atoms with van der Waals surface area (Å²) in [5.41, 5.74) is 0. The SMILES string of the molecule is CCC(C)CCCCCCCCCCC(=O)OC[C@H](COP(=O)(O)OC[C@H](O)COP(=O)(O)OC[C@@H](COC(=O)CCCCCCCCCCCCC(C)C)OC(=O)CCCCCCCCCCCCCCCCCC(C)C)OC(=O)CCCCCCCCCCCC(C)C. The molecule has 0 heterocycles. The molecule has 0 fully saturated rings. The molecule has 0 aromatic carbocycles. The number of phosphoric ester groups is 2. The number of carbonyl (C=O) groups is 4. The van der Waals surface area contributed by atoms with Crippen molar-refractivity contribution in [2.45, 2.75) is 401 Å². The molecule has 0 aromatic heterocycles. The number of hydrogen-bond acceptors (Lipinski definition) is 15. The molecule has 0 amide bonds. The van der Waals surface area contributed by atoms with Crippen LogP contribution < -0.4 is 0 Å². The number of unbranched alkanes of at least 4 members (excludes halogenated alkanes) is 38. The first kappa shape index (κ1) is 93.1. The van der Waals surface area contributed by atoms with Crippen LogP contribution in [0.3, 0.4) is 0 Å². The summed E-state index contributed by atoms with van der Waals surface area (Å²) in [6, 6.07) is 0. The van der Waals surface area contributed by atoms with Gasteiger partial charge >= 0.3 is 39.5 Å². The zero-order valence-electron chi connectivity index (χ0n) is 62.3. The zero-order chi connectivity index (χ0) is 70.3. The molecule has 95 heavy (non-hydrogen) atoms. The number of aliphatic hydroxyl groups excluding tert-OH is 1. The van der Waals surface area contributed by atoms with Crippen LogP contribution in [0.2, 0.25) is 0 Å². The summed E-state index contributed by atoms with van der Waals surface area (Å²) < 4.78 is 68.5. The van der Waals surface area contributed by atoms with E-state index < -0.39 is 97.5 Å². The fourth-order valence-electron chi connectivity index (χ4n) is 11.5. The molecule has 0 aliphatic heterocycles. The van der Waals surface area contributed by atoms with Crippen LogP contribution >= 0.6 is 15.6 Å². The summed E-state index contributed by atoms with van der Waals surface area (Å²) in [4.78, 5) is 72.8. The zero-order valence-corrected chi connectivity index (χ0v) is 64.1. The lowest BCUT2D eigenvalue weighted by Crippen LogP contribution is -2.30. The van der Waals surface area contributed by atoms with Crippen LogP contribution in [0, 0.1) is 23.7 Å². The lowest BCUT2D eigenvalue weighted by Gasteiger charge is -2.21. The molecule has 0 saturated carbocycles. The Labute approximate surface area is 581 Å². The van der Waals surface area contributed by atoms with Crippen molar-refractivity contribution in [2.75, 3.05) is 39.6 Å². The average molecular weight is 1400 g/mol. The van der Waals surface area contributed by atoms with E-state index in [0.29, 0.717) is 25.7 Å². The second-order valence-corrected chi connectivity index (χ2v) is 32.0. The average Bonchev–Trinajstić information content (AvgIpc) is 3.15. The maximum atomic E-state index is 13.1. The third kappa shape index (κ3) is 69.0. The van der Waals surface area contributed by atoms with Crippen LogP contribution in [0.5, 0.6) is 0 Å². The van der Waals surface area contributed by atoms with Crippen molar-refractivity contribution in [1.82, 2.24) is 0 Å².